The van der Waals surface area contributed by atoms with Crippen LogP contribution >= 0.6 is 11.3 Å². The summed E-state index contributed by atoms with van der Waals surface area (Å²) in [6, 6.07) is 0.482. The van der Waals surface area contributed by atoms with E-state index in [4.69, 9.17) is 0 Å². The van der Waals surface area contributed by atoms with Gasteiger partial charge in [0.25, 0.3) is 5.91 Å². The number of hydrogen-bond donors (Lipinski definition) is 1. The molecule has 0 spiro atoms. The Kier molecular flexibility index (Phi) is 3.31. The number of carbonyl (C=O) groups is 1. The third kappa shape index (κ3) is 2.37. The molecule has 2 aliphatic heterocycles. The molecule has 0 aromatic carbocycles. The minimum Gasteiger partial charge on any atom is -0.345 e. The van der Waals surface area contributed by atoms with E-state index >= 15 is 0 Å². The molecule has 4 heterocycles. The van der Waals surface area contributed by atoms with Gasteiger partial charge in [-0.3, -0.25) is 9.48 Å². The van der Waals surface area contributed by atoms with Crippen LogP contribution in [-0.4, -0.2) is 43.7 Å². The highest BCUT2D eigenvalue weighted by atomic mass is 32.1. The van der Waals surface area contributed by atoms with E-state index in [1.54, 1.807) is 17.1 Å². The summed E-state index contributed by atoms with van der Waals surface area (Å²) in [5.41, 5.74) is 0.958. The molecule has 7 nitrogen and oxygen atoms in total. The van der Waals surface area contributed by atoms with Crippen molar-refractivity contribution in [3.63, 3.8) is 0 Å². The van der Waals surface area contributed by atoms with Gasteiger partial charge in [0.15, 0.2) is 11.2 Å². The molecule has 8 heteroatoms. The first-order valence-corrected chi connectivity index (χ1v) is 8.41. The summed E-state index contributed by atoms with van der Waals surface area (Å²) < 4.78 is 1.72. The largest absolute Gasteiger partial charge is 0.345 e. The maximum absolute atomic E-state index is 12.4. The van der Waals surface area contributed by atoms with Crippen molar-refractivity contribution in [1.29, 1.82) is 5.26 Å². The SMILES string of the molecule is Cn1cc(-c2cnc(C(=O)N[C@@H]3C[C@@H]4CC[C@H]3N4C#N)s2)cn1. The van der Waals surface area contributed by atoms with Crippen molar-refractivity contribution in [3.05, 3.63) is 23.6 Å². The fourth-order valence-corrected chi connectivity index (χ4v) is 4.38. The fraction of sp³-hybridized carbons (Fsp3) is 0.467. The molecule has 2 aliphatic rings. The molecule has 3 atom stereocenters. The molecule has 4 rings (SSSR count). The summed E-state index contributed by atoms with van der Waals surface area (Å²) in [6.07, 6.45) is 10.5. The van der Waals surface area contributed by atoms with E-state index in [0.717, 1.165) is 29.7 Å². The van der Waals surface area contributed by atoms with Gasteiger partial charge in [0.1, 0.15) is 0 Å². The Bertz CT molecular complexity index is 790. The van der Waals surface area contributed by atoms with Crippen molar-refractivity contribution >= 4 is 17.2 Å². The highest BCUT2D eigenvalue weighted by Crippen LogP contribution is 2.37. The normalized spacial score (nSPS) is 25.6. The molecule has 2 aromatic heterocycles. The Balaban J connectivity index is 1.46. The zero-order chi connectivity index (χ0) is 16.0. The Morgan fingerprint density at radius 2 is 2.35 bits per heavy atom. The van der Waals surface area contributed by atoms with Crippen molar-refractivity contribution in [2.24, 2.45) is 7.05 Å². The number of aryl methyl sites for hydroxylation is 1. The molecule has 118 valence electrons. The van der Waals surface area contributed by atoms with Crippen LogP contribution in [-0.2, 0) is 7.05 Å². The van der Waals surface area contributed by atoms with Crippen LogP contribution in [0.5, 0.6) is 0 Å². The second kappa shape index (κ2) is 5.35. The fourth-order valence-electron chi connectivity index (χ4n) is 3.59. The predicted octanol–water partition coefficient (Wildman–Crippen LogP) is 1.36. The lowest BCUT2D eigenvalue weighted by Gasteiger charge is -2.21. The molecular formula is C15H16N6OS. The van der Waals surface area contributed by atoms with Crippen LogP contribution in [0.25, 0.3) is 10.4 Å². The van der Waals surface area contributed by atoms with Gasteiger partial charge in [-0.05, 0) is 19.3 Å². The number of hydrogen-bond acceptors (Lipinski definition) is 6. The van der Waals surface area contributed by atoms with Crippen LogP contribution < -0.4 is 5.32 Å². The maximum atomic E-state index is 12.4. The summed E-state index contributed by atoms with van der Waals surface area (Å²) >= 11 is 1.36. The van der Waals surface area contributed by atoms with Crippen LogP contribution in [0.1, 0.15) is 29.1 Å². The number of amides is 1. The highest BCUT2D eigenvalue weighted by Gasteiger charge is 2.46. The first-order valence-electron chi connectivity index (χ1n) is 7.59. The number of nitrogens with one attached hydrogen (secondary N) is 1. The number of carbonyl (C=O) groups excluding carboxylic acids is 1. The van der Waals surface area contributed by atoms with Crippen LogP contribution in [0.4, 0.5) is 0 Å². The van der Waals surface area contributed by atoms with Gasteiger partial charge in [-0.2, -0.15) is 10.4 Å². The van der Waals surface area contributed by atoms with Gasteiger partial charge in [0, 0.05) is 31.0 Å². The van der Waals surface area contributed by atoms with E-state index in [0.29, 0.717) is 5.01 Å². The summed E-state index contributed by atoms with van der Waals surface area (Å²) in [5.74, 6) is -0.152. The summed E-state index contributed by atoms with van der Waals surface area (Å²) in [6.45, 7) is 0. The monoisotopic (exact) mass is 328 g/mol. The molecule has 0 saturated carbocycles. The molecule has 23 heavy (non-hydrogen) atoms. The number of nitriles is 1. The van der Waals surface area contributed by atoms with Crippen LogP contribution in [0.2, 0.25) is 0 Å². The topological polar surface area (TPSA) is 86.8 Å². The van der Waals surface area contributed by atoms with Gasteiger partial charge in [0.05, 0.1) is 23.2 Å². The van der Waals surface area contributed by atoms with Gasteiger partial charge in [-0.15, -0.1) is 11.3 Å². The van der Waals surface area contributed by atoms with Crippen LogP contribution in [0, 0.1) is 11.5 Å². The van der Waals surface area contributed by atoms with Crippen molar-refractivity contribution in [2.45, 2.75) is 37.4 Å². The molecular weight excluding hydrogens is 312 g/mol. The Morgan fingerprint density at radius 1 is 1.48 bits per heavy atom. The van der Waals surface area contributed by atoms with Gasteiger partial charge in [0.2, 0.25) is 0 Å². The van der Waals surface area contributed by atoms with E-state index in [2.05, 4.69) is 21.6 Å². The molecule has 2 fully saturated rings. The molecule has 2 bridgehead atoms. The van der Waals surface area contributed by atoms with Crippen molar-refractivity contribution < 1.29 is 4.79 Å². The number of thiazole rings is 1. The molecule has 1 amide bonds. The number of aromatic nitrogens is 3. The average Bonchev–Trinajstić information content (AvgIpc) is 3.29. The maximum Gasteiger partial charge on any atom is 0.280 e. The number of nitrogens with zero attached hydrogens (tertiary/aromatic N) is 5. The first kappa shape index (κ1) is 14.2. The Hall–Kier alpha value is -2.40. The smallest absolute Gasteiger partial charge is 0.280 e. The van der Waals surface area contributed by atoms with E-state index < -0.39 is 0 Å². The van der Waals surface area contributed by atoms with E-state index in [1.165, 1.54) is 11.3 Å². The van der Waals surface area contributed by atoms with Crippen molar-refractivity contribution in [2.75, 3.05) is 0 Å². The van der Waals surface area contributed by atoms with Crippen LogP contribution in [0.3, 0.4) is 0 Å². The first-order chi connectivity index (χ1) is 11.2. The van der Waals surface area contributed by atoms with Gasteiger partial charge in [-0.1, -0.05) is 0 Å². The summed E-state index contributed by atoms with van der Waals surface area (Å²) in [7, 11) is 1.86. The van der Waals surface area contributed by atoms with Crippen molar-refractivity contribution in [1.82, 2.24) is 25.0 Å². The Labute approximate surface area is 137 Å². The molecule has 2 aromatic rings. The number of fused-ring (bicyclic) bond motifs is 2. The van der Waals surface area contributed by atoms with E-state index in [9.17, 15) is 10.1 Å². The quantitative estimate of drug-likeness (QED) is 0.860. The zero-order valence-corrected chi connectivity index (χ0v) is 13.5. The summed E-state index contributed by atoms with van der Waals surface area (Å²) in [4.78, 5) is 19.4. The lowest BCUT2D eigenvalue weighted by atomic mass is 9.95. The summed E-state index contributed by atoms with van der Waals surface area (Å²) in [5, 5.41) is 16.8. The van der Waals surface area contributed by atoms with Crippen molar-refractivity contribution in [3.8, 4) is 16.6 Å². The third-order valence-electron chi connectivity index (χ3n) is 4.66. The highest BCUT2D eigenvalue weighted by molar-refractivity contribution is 7.16. The lowest BCUT2D eigenvalue weighted by Crippen LogP contribution is -2.43. The van der Waals surface area contributed by atoms with E-state index in [1.807, 2.05) is 18.1 Å². The third-order valence-corrected chi connectivity index (χ3v) is 5.70. The minimum absolute atomic E-state index is 0.0478. The van der Waals surface area contributed by atoms with E-state index in [-0.39, 0.29) is 24.0 Å². The second-order valence-corrected chi connectivity index (χ2v) is 7.08. The molecule has 0 radical (unpaired) electrons. The standard InChI is InChI=1S/C15H16N6OS/c1-20-7-9(5-18-20)13-6-17-15(23-13)14(22)19-11-4-10-2-3-12(11)21(10)8-16/h5-7,10-12H,2-4H2,1H3,(H,19,22)/t10-,11+,12+/m0/s1. The van der Waals surface area contributed by atoms with Crippen LogP contribution in [0.15, 0.2) is 18.6 Å². The second-order valence-electron chi connectivity index (χ2n) is 6.05. The Morgan fingerprint density at radius 3 is 3.04 bits per heavy atom. The van der Waals surface area contributed by atoms with Gasteiger partial charge in [-0.25, -0.2) is 4.98 Å². The molecule has 1 N–H and O–H groups in total. The average molecular weight is 328 g/mol. The molecule has 2 saturated heterocycles. The van der Waals surface area contributed by atoms with Gasteiger partial charge >= 0.3 is 0 Å². The van der Waals surface area contributed by atoms with Gasteiger partial charge < -0.3 is 10.2 Å². The minimum atomic E-state index is -0.152. The lowest BCUT2D eigenvalue weighted by molar-refractivity contribution is 0.0928. The molecule has 0 unspecified atom stereocenters. The predicted molar refractivity (Wildman–Crippen MR) is 84.4 cm³/mol. The molecule has 0 aliphatic carbocycles. The zero-order valence-electron chi connectivity index (χ0n) is 12.6. The number of rotatable bonds is 3.